The molecule has 2 unspecified atom stereocenters. The Bertz CT molecular complexity index is 450. The van der Waals surface area contributed by atoms with E-state index in [9.17, 15) is 5.11 Å². The molecule has 1 aromatic rings. The van der Waals surface area contributed by atoms with E-state index in [0.717, 1.165) is 18.4 Å². The molecule has 1 saturated heterocycles. The van der Waals surface area contributed by atoms with E-state index in [0.29, 0.717) is 6.10 Å². The fraction of sp³-hybridized carbons (Fsp3) is 0.600. The van der Waals surface area contributed by atoms with Crippen molar-refractivity contribution in [3.05, 3.63) is 34.9 Å². The molecular weight excluding hydrogens is 212 g/mol. The predicted molar refractivity (Wildman–Crippen MR) is 66.8 cm³/mol. The molecular formula is C15H20O2. The third-order valence-corrected chi connectivity index (χ3v) is 4.62. The zero-order chi connectivity index (χ0) is 12.2. The molecule has 0 radical (unpaired) electrons. The van der Waals surface area contributed by atoms with Crippen LogP contribution < -0.4 is 0 Å². The van der Waals surface area contributed by atoms with Crippen LogP contribution in [0.4, 0.5) is 0 Å². The summed E-state index contributed by atoms with van der Waals surface area (Å²) in [5, 5.41) is 9.92. The maximum absolute atomic E-state index is 9.92. The highest BCUT2D eigenvalue weighted by Gasteiger charge is 2.48. The number of fused-ring (bicyclic) bond motifs is 1. The maximum Gasteiger partial charge on any atom is 0.0907 e. The SMILES string of the molecule is CC1O[C@@H](c2cccc3c2CCC3O)C1(C)C. The molecule has 17 heavy (non-hydrogen) atoms. The first-order valence-corrected chi connectivity index (χ1v) is 6.47. The van der Waals surface area contributed by atoms with Crippen molar-refractivity contribution in [2.45, 2.75) is 51.9 Å². The van der Waals surface area contributed by atoms with Crippen molar-refractivity contribution in [3.63, 3.8) is 0 Å². The predicted octanol–water partition coefficient (Wildman–Crippen LogP) is 3.15. The normalized spacial score (nSPS) is 34.2. The monoisotopic (exact) mass is 232 g/mol. The number of aliphatic hydroxyl groups is 1. The van der Waals surface area contributed by atoms with Crippen molar-refractivity contribution in [2.24, 2.45) is 5.41 Å². The van der Waals surface area contributed by atoms with Gasteiger partial charge in [-0.1, -0.05) is 32.0 Å². The van der Waals surface area contributed by atoms with E-state index < -0.39 is 0 Å². The first kappa shape index (κ1) is 11.2. The van der Waals surface area contributed by atoms with E-state index in [1.54, 1.807) is 0 Å². The van der Waals surface area contributed by atoms with E-state index in [4.69, 9.17) is 4.74 Å². The zero-order valence-electron chi connectivity index (χ0n) is 10.7. The molecule has 3 atom stereocenters. The van der Waals surface area contributed by atoms with Gasteiger partial charge in [0.05, 0.1) is 18.3 Å². The molecule has 0 amide bonds. The van der Waals surface area contributed by atoms with Crippen LogP contribution in [0.1, 0.15) is 56.1 Å². The molecule has 92 valence electrons. The quantitative estimate of drug-likeness (QED) is 0.806. The summed E-state index contributed by atoms with van der Waals surface area (Å²) in [5.74, 6) is 0. The van der Waals surface area contributed by atoms with Crippen LogP contribution >= 0.6 is 0 Å². The van der Waals surface area contributed by atoms with Crippen LogP contribution in [0.3, 0.4) is 0 Å². The van der Waals surface area contributed by atoms with Crippen LogP contribution in [0.2, 0.25) is 0 Å². The molecule has 3 rings (SSSR count). The van der Waals surface area contributed by atoms with Gasteiger partial charge in [-0.15, -0.1) is 0 Å². The molecule has 0 spiro atoms. The molecule has 1 aromatic carbocycles. The maximum atomic E-state index is 9.92. The summed E-state index contributed by atoms with van der Waals surface area (Å²) in [5.41, 5.74) is 3.93. The Kier molecular flexibility index (Phi) is 2.36. The summed E-state index contributed by atoms with van der Waals surface area (Å²) >= 11 is 0. The van der Waals surface area contributed by atoms with Gasteiger partial charge in [-0.25, -0.2) is 0 Å². The van der Waals surface area contributed by atoms with Gasteiger partial charge in [-0.05, 0) is 36.5 Å². The smallest absolute Gasteiger partial charge is 0.0907 e. The van der Waals surface area contributed by atoms with Gasteiger partial charge in [0.1, 0.15) is 0 Å². The Morgan fingerprint density at radius 2 is 2.00 bits per heavy atom. The molecule has 0 aromatic heterocycles. The number of benzene rings is 1. The van der Waals surface area contributed by atoms with E-state index >= 15 is 0 Å². The van der Waals surface area contributed by atoms with Gasteiger partial charge in [0.25, 0.3) is 0 Å². The Labute approximate surface area is 103 Å². The number of rotatable bonds is 1. The molecule has 1 fully saturated rings. The molecule has 1 aliphatic heterocycles. The highest BCUT2D eigenvalue weighted by atomic mass is 16.5. The number of hydrogen-bond donors (Lipinski definition) is 1. The van der Waals surface area contributed by atoms with E-state index in [2.05, 4.69) is 26.8 Å². The molecule has 1 aliphatic carbocycles. The van der Waals surface area contributed by atoms with Gasteiger partial charge in [0.15, 0.2) is 0 Å². The van der Waals surface area contributed by atoms with Crippen LogP contribution in [0.5, 0.6) is 0 Å². The van der Waals surface area contributed by atoms with Crippen LogP contribution in [0.15, 0.2) is 18.2 Å². The third-order valence-electron chi connectivity index (χ3n) is 4.62. The van der Waals surface area contributed by atoms with Gasteiger partial charge in [-0.3, -0.25) is 0 Å². The van der Waals surface area contributed by atoms with E-state index in [1.165, 1.54) is 11.1 Å². The van der Waals surface area contributed by atoms with Crippen molar-refractivity contribution in [1.29, 1.82) is 0 Å². The molecule has 2 nitrogen and oxygen atoms in total. The number of aliphatic hydroxyl groups excluding tert-OH is 1. The van der Waals surface area contributed by atoms with Gasteiger partial charge in [0, 0.05) is 5.41 Å². The molecule has 0 bridgehead atoms. The summed E-state index contributed by atoms with van der Waals surface area (Å²) in [6.07, 6.45) is 2.07. The first-order chi connectivity index (χ1) is 8.01. The Morgan fingerprint density at radius 1 is 1.29 bits per heavy atom. The van der Waals surface area contributed by atoms with Crippen LogP contribution in [0, 0.1) is 5.41 Å². The third kappa shape index (κ3) is 1.47. The van der Waals surface area contributed by atoms with E-state index in [-0.39, 0.29) is 17.6 Å². The van der Waals surface area contributed by atoms with Gasteiger partial charge in [0.2, 0.25) is 0 Å². The molecule has 0 saturated carbocycles. The standard InChI is InChI=1S/C15H20O2/c1-9-15(2,3)14(17-9)12-6-4-5-11-10(12)7-8-13(11)16/h4-6,9,13-14,16H,7-8H2,1-3H3/t9?,13?,14-/m0/s1. The molecule has 1 N–H and O–H groups in total. The molecule has 2 heteroatoms. The van der Waals surface area contributed by atoms with Crippen LogP contribution in [-0.2, 0) is 11.2 Å². The minimum Gasteiger partial charge on any atom is -0.388 e. The second-order valence-corrected chi connectivity index (χ2v) is 5.95. The second kappa shape index (κ2) is 3.56. The average Bonchev–Trinajstić information content (AvgIpc) is 2.68. The second-order valence-electron chi connectivity index (χ2n) is 5.95. The van der Waals surface area contributed by atoms with Crippen LogP contribution in [-0.4, -0.2) is 11.2 Å². The first-order valence-electron chi connectivity index (χ1n) is 6.47. The Hall–Kier alpha value is -0.860. The largest absolute Gasteiger partial charge is 0.388 e. The lowest BCUT2D eigenvalue weighted by atomic mass is 9.72. The van der Waals surface area contributed by atoms with Crippen molar-refractivity contribution < 1.29 is 9.84 Å². The summed E-state index contributed by atoms with van der Waals surface area (Å²) < 4.78 is 5.92. The summed E-state index contributed by atoms with van der Waals surface area (Å²) in [4.78, 5) is 0. The lowest BCUT2D eigenvalue weighted by molar-refractivity contribution is -0.230. The van der Waals surface area contributed by atoms with Crippen molar-refractivity contribution in [3.8, 4) is 0 Å². The number of ether oxygens (including phenoxy) is 1. The van der Waals surface area contributed by atoms with Crippen molar-refractivity contribution >= 4 is 0 Å². The summed E-state index contributed by atoms with van der Waals surface area (Å²) in [7, 11) is 0. The van der Waals surface area contributed by atoms with Gasteiger partial charge < -0.3 is 9.84 Å². The zero-order valence-corrected chi connectivity index (χ0v) is 10.7. The average molecular weight is 232 g/mol. The minimum absolute atomic E-state index is 0.192. The minimum atomic E-state index is -0.273. The topological polar surface area (TPSA) is 29.5 Å². The van der Waals surface area contributed by atoms with Gasteiger partial charge >= 0.3 is 0 Å². The lowest BCUT2D eigenvalue weighted by Crippen LogP contribution is -2.48. The highest BCUT2D eigenvalue weighted by Crippen LogP contribution is 2.53. The van der Waals surface area contributed by atoms with Gasteiger partial charge in [-0.2, -0.15) is 0 Å². The fourth-order valence-corrected chi connectivity index (χ4v) is 3.08. The molecule has 2 aliphatic rings. The summed E-state index contributed by atoms with van der Waals surface area (Å²) in [6.45, 7) is 6.65. The Morgan fingerprint density at radius 3 is 2.65 bits per heavy atom. The van der Waals surface area contributed by atoms with Crippen LogP contribution in [0.25, 0.3) is 0 Å². The van der Waals surface area contributed by atoms with E-state index in [1.807, 2.05) is 12.1 Å². The molecule has 1 heterocycles. The highest BCUT2D eigenvalue weighted by molar-refractivity contribution is 5.42. The Balaban J connectivity index is 2.01. The lowest BCUT2D eigenvalue weighted by Gasteiger charge is -2.51. The van der Waals surface area contributed by atoms with Crippen molar-refractivity contribution in [1.82, 2.24) is 0 Å². The fourth-order valence-electron chi connectivity index (χ4n) is 3.08. The van der Waals surface area contributed by atoms with Crippen molar-refractivity contribution in [2.75, 3.05) is 0 Å². The number of hydrogen-bond acceptors (Lipinski definition) is 2. The summed E-state index contributed by atoms with van der Waals surface area (Å²) in [6, 6.07) is 6.26.